The lowest BCUT2D eigenvalue weighted by Gasteiger charge is -2.28. The number of carbonyl (C=O) groups is 1. The normalized spacial score (nSPS) is 12.2. The van der Waals surface area contributed by atoms with Gasteiger partial charge >= 0.3 is 0 Å². The summed E-state index contributed by atoms with van der Waals surface area (Å²) in [5.74, 6) is -0.243. The van der Waals surface area contributed by atoms with Gasteiger partial charge in [0.2, 0.25) is 0 Å². The van der Waals surface area contributed by atoms with Crippen molar-refractivity contribution in [1.82, 2.24) is 4.90 Å². The van der Waals surface area contributed by atoms with Crippen LogP contribution in [0.2, 0.25) is 0 Å². The molecule has 0 saturated heterocycles. The first-order chi connectivity index (χ1) is 13.9. The number of hydrogen-bond acceptors (Lipinski definition) is 3. The Labute approximate surface area is 172 Å². The highest BCUT2D eigenvalue weighted by Crippen LogP contribution is 2.27. The van der Waals surface area contributed by atoms with E-state index in [0.29, 0.717) is 5.56 Å². The molecule has 29 heavy (non-hydrogen) atoms. The van der Waals surface area contributed by atoms with Gasteiger partial charge in [-0.3, -0.25) is 9.52 Å². The number of anilines is 1. The summed E-state index contributed by atoms with van der Waals surface area (Å²) in [6, 6.07) is 24.5. The molecule has 1 amide bonds. The fraction of sp³-hybridized carbons (Fsp3) is 0.174. The summed E-state index contributed by atoms with van der Waals surface area (Å²) in [4.78, 5) is 15.1. The van der Waals surface area contributed by atoms with E-state index in [9.17, 15) is 13.2 Å². The zero-order valence-electron chi connectivity index (χ0n) is 16.4. The molecule has 0 aromatic heterocycles. The van der Waals surface area contributed by atoms with E-state index >= 15 is 0 Å². The first kappa shape index (κ1) is 20.6. The van der Waals surface area contributed by atoms with Crippen molar-refractivity contribution in [3.05, 3.63) is 96.1 Å². The quantitative estimate of drug-likeness (QED) is 0.616. The van der Waals surface area contributed by atoms with Crippen molar-refractivity contribution >= 4 is 21.6 Å². The summed E-state index contributed by atoms with van der Waals surface area (Å²) in [6.07, 6.45) is 0.740. The van der Waals surface area contributed by atoms with Crippen LogP contribution in [0.4, 0.5) is 5.69 Å². The van der Waals surface area contributed by atoms with E-state index in [1.54, 1.807) is 54.4 Å². The molecule has 0 aliphatic carbocycles. The lowest BCUT2D eigenvalue weighted by atomic mass is 10.0. The highest BCUT2D eigenvalue weighted by Gasteiger charge is 2.24. The molecule has 0 saturated carbocycles. The summed E-state index contributed by atoms with van der Waals surface area (Å²) < 4.78 is 28.0. The maximum atomic E-state index is 13.3. The van der Waals surface area contributed by atoms with Crippen molar-refractivity contribution in [2.24, 2.45) is 0 Å². The van der Waals surface area contributed by atoms with Gasteiger partial charge in [-0.25, -0.2) is 8.42 Å². The van der Waals surface area contributed by atoms with Gasteiger partial charge in [-0.1, -0.05) is 67.6 Å². The van der Waals surface area contributed by atoms with Crippen LogP contribution in [0.1, 0.15) is 35.3 Å². The Morgan fingerprint density at radius 1 is 0.897 bits per heavy atom. The van der Waals surface area contributed by atoms with Crippen molar-refractivity contribution < 1.29 is 13.2 Å². The molecule has 1 N–H and O–H groups in total. The molecule has 0 fully saturated rings. The Hall–Kier alpha value is -3.12. The Kier molecular flexibility index (Phi) is 6.34. The Bertz CT molecular complexity index is 1070. The van der Waals surface area contributed by atoms with Crippen molar-refractivity contribution in [2.75, 3.05) is 11.8 Å². The molecule has 6 heteroatoms. The van der Waals surface area contributed by atoms with E-state index in [2.05, 4.69) is 4.72 Å². The zero-order valence-corrected chi connectivity index (χ0v) is 17.3. The first-order valence-corrected chi connectivity index (χ1v) is 10.9. The molecule has 0 spiro atoms. The predicted molar refractivity (Wildman–Crippen MR) is 115 cm³/mol. The molecular weight excluding hydrogens is 384 g/mol. The minimum atomic E-state index is -3.79. The number of amides is 1. The van der Waals surface area contributed by atoms with Gasteiger partial charge in [-0.05, 0) is 36.2 Å². The number of nitrogens with one attached hydrogen (secondary N) is 1. The van der Waals surface area contributed by atoms with Gasteiger partial charge in [-0.2, -0.15) is 0 Å². The van der Waals surface area contributed by atoms with Crippen molar-refractivity contribution in [3.63, 3.8) is 0 Å². The summed E-state index contributed by atoms with van der Waals surface area (Å²) >= 11 is 0. The van der Waals surface area contributed by atoms with Crippen LogP contribution in [0.5, 0.6) is 0 Å². The van der Waals surface area contributed by atoms with Gasteiger partial charge in [0, 0.05) is 7.05 Å². The van der Waals surface area contributed by atoms with Gasteiger partial charge in [0.05, 0.1) is 22.2 Å². The molecule has 0 aliphatic rings. The summed E-state index contributed by atoms with van der Waals surface area (Å²) in [5.41, 5.74) is 1.60. The number of sulfonamides is 1. The number of benzene rings is 3. The first-order valence-electron chi connectivity index (χ1n) is 9.43. The number of para-hydroxylation sites is 1. The Balaban J connectivity index is 1.91. The van der Waals surface area contributed by atoms with E-state index in [0.717, 1.165) is 12.0 Å². The molecule has 3 aromatic carbocycles. The van der Waals surface area contributed by atoms with Gasteiger partial charge in [0.25, 0.3) is 15.9 Å². The van der Waals surface area contributed by atoms with Crippen LogP contribution in [-0.4, -0.2) is 26.3 Å². The molecule has 1 atom stereocenters. The van der Waals surface area contributed by atoms with E-state index in [1.807, 2.05) is 37.3 Å². The lowest BCUT2D eigenvalue weighted by Crippen LogP contribution is -2.31. The fourth-order valence-electron chi connectivity index (χ4n) is 3.30. The van der Waals surface area contributed by atoms with Gasteiger partial charge in [0.1, 0.15) is 0 Å². The number of carbonyl (C=O) groups excluding carboxylic acids is 1. The average Bonchev–Trinajstić information content (AvgIpc) is 2.75. The minimum Gasteiger partial charge on any atom is -0.335 e. The van der Waals surface area contributed by atoms with Crippen LogP contribution in [0.25, 0.3) is 0 Å². The predicted octanol–water partition coefficient (Wildman–Crippen LogP) is 4.71. The zero-order chi connectivity index (χ0) is 20.9. The second kappa shape index (κ2) is 8.92. The molecule has 3 aromatic rings. The van der Waals surface area contributed by atoms with Crippen molar-refractivity contribution in [2.45, 2.75) is 24.3 Å². The van der Waals surface area contributed by atoms with Crippen LogP contribution in [-0.2, 0) is 10.0 Å². The minimum absolute atomic E-state index is 0.109. The van der Waals surface area contributed by atoms with Crippen LogP contribution in [0.15, 0.2) is 89.8 Å². The third kappa shape index (κ3) is 4.66. The van der Waals surface area contributed by atoms with Crippen LogP contribution < -0.4 is 4.72 Å². The van der Waals surface area contributed by atoms with Crippen molar-refractivity contribution in [1.29, 1.82) is 0 Å². The van der Waals surface area contributed by atoms with Crippen LogP contribution >= 0.6 is 0 Å². The summed E-state index contributed by atoms with van der Waals surface area (Å²) in [5, 5.41) is 0. The molecule has 5 nitrogen and oxygen atoms in total. The second-order valence-corrected chi connectivity index (χ2v) is 8.40. The largest absolute Gasteiger partial charge is 0.335 e. The molecule has 0 heterocycles. The molecule has 1 unspecified atom stereocenters. The maximum Gasteiger partial charge on any atom is 0.261 e. The maximum absolute atomic E-state index is 13.3. The number of hydrogen-bond donors (Lipinski definition) is 1. The molecule has 0 bridgehead atoms. The van der Waals surface area contributed by atoms with Crippen molar-refractivity contribution in [3.8, 4) is 0 Å². The van der Waals surface area contributed by atoms with E-state index < -0.39 is 10.0 Å². The topological polar surface area (TPSA) is 66.5 Å². The molecule has 3 rings (SSSR count). The smallest absolute Gasteiger partial charge is 0.261 e. The highest BCUT2D eigenvalue weighted by atomic mass is 32.2. The standard InChI is InChI=1S/C23H24N2O3S/c1-3-22(18-12-6-4-7-13-18)25(2)23(26)20-16-10-11-17-21(20)24-29(27,28)19-14-8-5-9-15-19/h4-17,22,24H,3H2,1-2H3. The summed E-state index contributed by atoms with van der Waals surface area (Å²) in [6.45, 7) is 2.02. The molecule has 150 valence electrons. The van der Waals surface area contributed by atoms with Crippen LogP contribution in [0, 0.1) is 0 Å². The lowest BCUT2D eigenvalue weighted by molar-refractivity contribution is 0.0727. The molecule has 0 aliphatic heterocycles. The highest BCUT2D eigenvalue weighted by molar-refractivity contribution is 7.92. The van der Waals surface area contributed by atoms with Gasteiger partial charge in [-0.15, -0.1) is 0 Å². The second-order valence-electron chi connectivity index (χ2n) is 6.71. The van der Waals surface area contributed by atoms with E-state index in [1.165, 1.54) is 12.1 Å². The molecular formula is C23H24N2O3S. The monoisotopic (exact) mass is 408 g/mol. The average molecular weight is 409 g/mol. The van der Waals surface area contributed by atoms with E-state index in [-0.39, 0.29) is 22.5 Å². The SMILES string of the molecule is CCC(c1ccccc1)N(C)C(=O)c1ccccc1NS(=O)(=O)c1ccccc1. The van der Waals surface area contributed by atoms with Gasteiger partial charge < -0.3 is 4.90 Å². The number of nitrogens with zero attached hydrogens (tertiary/aromatic N) is 1. The van der Waals surface area contributed by atoms with E-state index in [4.69, 9.17) is 0 Å². The third-order valence-electron chi connectivity index (χ3n) is 4.81. The molecule has 0 radical (unpaired) electrons. The Morgan fingerprint density at radius 2 is 1.45 bits per heavy atom. The summed E-state index contributed by atoms with van der Waals surface area (Å²) in [7, 11) is -2.05. The number of rotatable bonds is 7. The third-order valence-corrected chi connectivity index (χ3v) is 6.20. The Morgan fingerprint density at radius 3 is 2.07 bits per heavy atom. The van der Waals surface area contributed by atoms with Crippen LogP contribution in [0.3, 0.4) is 0 Å². The fourth-order valence-corrected chi connectivity index (χ4v) is 4.40. The van der Waals surface area contributed by atoms with Gasteiger partial charge in [0.15, 0.2) is 0 Å².